The van der Waals surface area contributed by atoms with Gasteiger partial charge in [-0.15, -0.1) is 0 Å². The number of benzene rings is 1. The van der Waals surface area contributed by atoms with E-state index in [9.17, 15) is 4.79 Å². The van der Waals surface area contributed by atoms with E-state index < -0.39 is 6.04 Å². The van der Waals surface area contributed by atoms with Gasteiger partial charge in [0.05, 0.1) is 10.8 Å². The van der Waals surface area contributed by atoms with Gasteiger partial charge in [0.15, 0.2) is 0 Å². The number of esters is 1. The second-order valence-electron chi connectivity index (χ2n) is 3.80. The fourth-order valence-corrected chi connectivity index (χ4v) is 2.62. The Balaban J connectivity index is 2.35. The summed E-state index contributed by atoms with van der Waals surface area (Å²) in [5.74, 6) is -0.383. The summed E-state index contributed by atoms with van der Waals surface area (Å²) in [6, 6.07) is 7.35. The van der Waals surface area contributed by atoms with Crippen molar-refractivity contribution in [1.82, 2.24) is 4.98 Å². The van der Waals surface area contributed by atoms with E-state index >= 15 is 0 Å². The minimum Gasteiger partial charge on any atom is -0.468 e. The fourth-order valence-electron chi connectivity index (χ4n) is 1.82. The van der Waals surface area contributed by atoms with Gasteiger partial charge in [-0.05, 0) is 34.2 Å². The van der Waals surface area contributed by atoms with Gasteiger partial charge < -0.3 is 15.5 Å². The standard InChI is InChI=1S/C12H13IN2O2/c1-17-12(16)9(14)6-8-7-4-2-3-5-10(7)15-11(8)13/h2-5,9,15H,6,14H2,1H3/t9-/m0/s1. The molecule has 0 aliphatic rings. The lowest BCUT2D eigenvalue weighted by Gasteiger charge is -2.08. The number of rotatable bonds is 3. The van der Waals surface area contributed by atoms with Gasteiger partial charge in [-0.2, -0.15) is 0 Å². The molecule has 4 nitrogen and oxygen atoms in total. The highest BCUT2D eigenvalue weighted by atomic mass is 127. The largest absolute Gasteiger partial charge is 0.468 e. The van der Waals surface area contributed by atoms with E-state index in [2.05, 4.69) is 32.3 Å². The molecule has 1 aromatic heterocycles. The lowest BCUT2D eigenvalue weighted by atomic mass is 10.1. The molecule has 0 aliphatic carbocycles. The predicted octanol–water partition coefficient (Wildman–Crippen LogP) is 1.82. The van der Waals surface area contributed by atoms with Gasteiger partial charge in [0.2, 0.25) is 0 Å². The van der Waals surface area contributed by atoms with Crippen LogP contribution in [0.5, 0.6) is 0 Å². The van der Waals surface area contributed by atoms with E-state index in [1.807, 2.05) is 24.3 Å². The average Bonchev–Trinajstić information content (AvgIpc) is 2.65. The molecule has 0 aliphatic heterocycles. The van der Waals surface area contributed by atoms with Crippen LogP contribution >= 0.6 is 22.6 Å². The molecule has 1 aromatic carbocycles. The van der Waals surface area contributed by atoms with E-state index in [4.69, 9.17) is 5.73 Å². The summed E-state index contributed by atoms with van der Waals surface area (Å²) in [5, 5.41) is 1.11. The van der Waals surface area contributed by atoms with E-state index in [0.29, 0.717) is 6.42 Å². The molecule has 17 heavy (non-hydrogen) atoms. The molecule has 0 amide bonds. The molecule has 1 atom stereocenters. The number of hydrogen-bond donors (Lipinski definition) is 2. The maximum atomic E-state index is 11.3. The Morgan fingerprint density at radius 1 is 1.53 bits per heavy atom. The molecule has 0 unspecified atom stereocenters. The van der Waals surface area contributed by atoms with Crippen LogP contribution in [0.2, 0.25) is 0 Å². The molecule has 0 fully saturated rings. The lowest BCUT2D eigenvalue weighted by molar-refractivity contribution is -0.142. The minimum absolute atomic E-state index is 0.383. The zero-order chi connectivity index (χ0) is 12.4. The van der Waals surface area contributed by atoms with Gasteiger partial charge in [0.25, 0.3) is 0 Å². The van der Waals surface area contributed by atoms with Gasteiger partial charge in [0, 0.05) is 17.3 Å². The van der Waals surface area contributed by atoms with Crippen molar-refractivity contribution in [3.8, 4) is 0 Å². The maximum Gasteiger partial charge on any atom is 0.322 e. The summed E-state index contributed by atoms with van der Waals surface area (Å²) in [6.07, 6.45) is 0.481. The van der Waals surface area contributed by atoms with Crippen molar-refractivity contribution in [2.45, 2.75) is 12.5 Å². The third kappa shape index (κ3) is 2.44. The molecule has 0 bridgehead atoms. The Morgan fingerprint density at radius 2 is 2.24 bits per heavy atom. The van der Waals surface area contributed by atoms with Crippen molar-refractivity contribution in [3.63, 3.8) is 0 Å². The predicted molar refractivity (Wildman–Crippen MR) is 74.7 cm³/mol. The highest BCUT2D eigenvalue weighted by Gasteiger charge is 2.18. The molecule has 2 rings (SSSR count). The number of aromatic amines is 1. The minimum atomic E-state index is -0.618. The van der Waals surface area contributed by atoms with Crippen molar-refractivity contribution in [3.05, 3.63) is 33.5 Å². The number of para-hydroxylation sites is 1. The summed E-state index contributed by atoms with van der Waals surface area (Å²) in [5.41, 5.74) is 7.91. The quantitative estimate of drug-likeness (QED) is 0.659. The first-order chi connectivity index (χ1) is 8.13. The summed E-state index contributed by atoms with van der Waals surface area (Å²) >= 11 is 2.22. The van der Waals surface area contributed by atoms with Crippen LogP contribution in [0.4, 0.5) is 0 Å². The number of aromatic nitrogens is 1. The number of halogens is 1. The van der Waals surface area contributed by atoms with Crippen LogP contribution < -0.4 is 5.73 Å². The monoisotopic (exact) mass is 344 g/mol. The van der Waals surface area contributed by atoms with Crippen molar-refractivity contribution in [2.75, 3.05) is 7.11 Å². The number of methoxy groups -OCH3 is 1. The summed E-state index contributed by atoms with van der Waals surface area (Å²) < 4.78 is 5.65. The zero-order valence-corrected chi connectivity index (χ0v) is 11.5. The smallest absolute Gasteiger partial charge is 0.322 e. The van der Waals surface area contributed by atoms with Crippen molar-refractivity contribution < 1.29 is 9.53 Å². The van der Waals surface area contributed by atoms with Crippen molar-refractivity contribution >= 4 is 39.5 Å². The molecule has 0 spiro atoms. The van der Waals surface area contributed by atoms with Crippen LogP contribution in [0.1, 0.15) is 5.56 Å². The third-order valence-electron chi connectivity index (χ3n) is 2.69. The molecule has 3 N–H and O–H groups in total. The summed E-state index contributed by atoms with van der Waals surface area (Å²) in [6.45, 7) is 0. The van der Waals surface area contributed by atoms with E-state index in [1.165, 1.54) is 7.11 Å². The molecule has 5 heteroatoms. The van der Waals surface area contributed by atoms with Crippen molar-refractivity contribution in [2.24, 2.45) is 5.73 Å². The number of nitrogens with two attached hydrogens (primary N) is 1. The second kappa shape index (κ2) is 5.05. The number of hydrogen-bond acceptors (Lipinski definition) is 3. The number of ether oxygens (including phenoxy) is 1. The molecule has 90 valence electrons. The van der Waals surface area contributed by atoms with Crippen molar-refractivity contribution in [1.29, 1.82) is 0 Å². The molecular weight excluding hydrogens is 331 g/mol. The van der Waals surface area contributed by atoms with Gasteiger partial charge >= 0.3 is 5.97 Å². The molecule has 0 saturated carbocycles. The topological polar surface area (TPSA) is 68.1 Å². The zero-order valence-electron chi connectivity index (χ0n) is 9.37. The Labute approximate surface area is 113 Å². The Bertz CT molecular complexity index is 550. The Kier molecular flexibility index (Phi) is 3.68. The van der Waals surface area contributed by atoms with Crippen LogP contribution in [-0.2, 0) is 16.0 Å². The normalized spacial score (nSPS) is 12.6. The molecule has 2 aromatic rings. The molecule has 0 radical (unpaired) electrons. The number of carbonyl (C=O) groups excluding carboxylic acids is 1. The third-order valence-corrected chi connectivity index (χ3v) is 3.61. The first-order valence-corrected chi connectivity index (χ1v) is 6.30. The van der Waals surface area contributed by atoms with Gasteiger partial charge in [-0.25, -0.2) is 0 Å². The number of H-pyrrole nitrogens is 1. The maximum absolute atomic E-state index is 11.3. The first-order valence-electron chi connectivity index (χ1n) is 5.22. The molecule has 0 saturated heterocycles. The average molecular weight is 344 g/mol. The number of fused-ring (bicyclic) bond motifs is 1. The fraction of sp³-hybridized carbons (Fsp3) is 0.250. The number of carbonyl (C=O) groups is 1. The summed E-state index contributed by atoms with van der Waals surface area (Å²) in [7, 11) is 1.35. The Morgan fingerprint density at radius 3 is 2.94 bits per heavy atom. The summed E-state index contributed by atoms with van der Waals surface area (Å²) in [4.78, 5) is 14.6. The van der Waals surface area contributed by atoms with Crippen LogP contribution in [0.15, 0.2) is 24.3 Å². The Hall–Kier alpha value is -1.08. The number of nitrogens with one attached hydrogen (secondary N) is 1. The van der Waals surface area contributed by atoms with E-state index in [-0.39, 0.29) is 5.97 Å². The van der Waals surface area contributed by atoms with E-state index in [0.717, 1.165) is 20.2 Å². The molecular formula is C12H13IN2O2. The lowest BCUT2D eigenvalue weighted by Crippen LogP contribution is -2.33. The van der Waals surface area contributed by atoms with Crippen LogP contribution in [0.3, 0.4) is 0 Å². The second-order valence-corrected chi connectivity index (χ2v) is 4.88. The SMILES string of the molecule is COC(=O)[C@@H](N)Cc1c(I)[nH]c2ccccc12. The first kappa shape index (κ1) is 12.4. The molecule has 1 heterocycles. The van der Waals surface area contributed by atoms with E-state index in [1.54, 1.807) is 0 Å². The van der Waals surface area contributed by atoms with Gasteiger partial charge in [0.1, 0.15) is 6.04 Å². The van der Waals surface area contributed by atoms with Crippen LogP contribution in [-0.4, -0.2) is 24.1 Å². The van der Waals surface area contributed by atoms with Crippen LogP contribution in [0.25, 0.3) is 10.9 Å². The van der Waals surface area contributed by atoms with Gasteiger partial charge in [-0.1, -0.05) is 18.2 Å². The van der Waals surface area contributed by atoms with Crippen LogP contribution in [0, 0.1) is 3.70 Å². The van der Waals surface area contributed by atoms with Gasteiger partial charge in [-0.3, -0.25) is 4.79 Å². The highest BCUT2D eigenvalue weighted by molar-refractivity contribution is 14.1. The highest BCUT2D eigenvalue weighted by Crippen LogP contribution is 2.24.